The summed E-state index contributed by atoms with van der Waals surface area (Å²) in [5.41, 5.74) is 2.71. The summed E-state index contributed by atoms with van der Waals surface area (Å²) in [6, 6.07) is 16.9. The average molecular weight is 461 g/mol. The van der Waals surface area contributed by atoms with E-state index in [2.05, 4.69) is 10.5 Å². The van der Waals surface area contributed by atoms with Crippen LogP contribution in [-0.4, -0.2) is 22.4 Å². The lowest BCUT2D eigenvalue weighted by molar-refractivity contribution is -0.115. The molecule has 0 spiro atoms. The topological polar surface area (TPSA) is 102 Å². The summed E-state index contributed by atoms with van der Waals surface area (Å²) in [5, 5.41) is 16.9. The van der Waals surface area contributed by atoms with Gasteiger partial charge in [0.15, 0.2) is 12.5 Å². The van der Waals surface area contributed by atoms with Gasteiger partial charge < -0.3 is 24.5 Å². The number of hydrogen-bond donors (Lipinski definition) is 2. The molecule has 0 radical (unpaired) electrons. The maximum atomic E-state index is 14.2. The molecule has 2 heterocycles. The van der Waals surface area contributed by atoms with Gasteiger partial charge in [0.05, 0.1) is 25.1 Å². The molecule has 5 rings (SSSR count). The van der Waals surface area contributed by atoms with Crippen LogP contribution in [0.1, 0.15) is 16.7 Å². The Hall–Kier alpha value is -4.24. The molecule has 2 N–H and O–H groups in total. The molecule has 0 saturated carbocycles. The zero-order valence-electron chi connectivity index (χ0n) is 18.0. The Labute approximate surface area is 193 Å². The van der Waals surface area contributed by atoms with Gasteiger partial charge in [0.1, 0.15) is 11.6 Å². The van der Waals surface area contributed by atoms with Crippen LogP contribution >= 0.6 is 0 Å². The van der Waals surface area contributed by atoms with Crippen molar-refractivity contribution in [2.24, 2.45) is 5.18 Å². The first kappa shape index (κ1) is 21.6. The minimum Gasteiger partial charge on any atom is -0.493 e. The summed E-state index contributed by atoms with van der Waals surface area (Å²) in [6.07, 6.45) is 0.193. The molecular formula is C25H20FN3O5. The van der Waals surface area contributed by atoms with Crippen LogP contribution in [0.2, 0.25) is 0 Å². The zero-order valence-corrected chi connectivity index (χ0v) is 18.0. The Morgan fingerprint density at radius 1 is 1.15 bits per heavy atom. The van der Waals surface area contributed by atoms with Crippen LogP contribution in [0.4, 0.5) is 15.8 Å². The molecule has 4 aromatic rings. The lowest BCUT2D eigenvalue weighted by Gasteiger charge is -2.21. The number of rotatable bonds is 6. The van der Waals surface area contributed by atoms with Crippen molar-refractivity contribution in [3.63, 3.8) is 0 Å². The molecule has 0 fully saturated rings. The van der Waals surface area contributed by atoms with E-state index in [1.165, 1.54) is 16.7 Å². The van der Waals surface area contributed by atoms with Crippen molar-refractivity contribution < 1.29 is 23.8 Å². The molecule has 0 aliphatic carbocycles. The van der Waals surface area contributed by atoms with Crippen molar-refractivity contribution in [2.75, 3.05) is 12.1 Å². The third kappa shape index (κ3) is 4.08. The molecule has 1 aliphatic rings. The summed E-state index contributed by atoms with van der Waals surface area (Å²) in [6.45, 7) is 0.292. The van der Waals surface area contributed by atoms with Gasteiger partial charge in [0.2, 0.25) is 11.8 Å². The summed E-state index contributed by atoms with van der Waals surface area (Å²) in [4.78, 5) is 24.0. The van der Waals surface area contributed by atoms with Gasteiger partial charge in [-0.1, -0.05) is 30.3 Å². The molecule has 0 bridgehead atoms. The third-order valence-corrected chi connectivity index (χ3v) is 5.67. The smallest absolute Gasteiger partial charge is 0.228 e. The van der Waals surface area contributed by atoms with Gasteiger partial charge >= 0.3 is 0 Å². The number of ether oxygens (including phenoxy) is 2. The van der Waals surface area contributed by atoms with Crippen molar-refractivity contribution in [3.8, 4) is 11.6 Å². The highest BCUT2D eigenvalue weighted by Crippen LogP contribution is 2.41. The summed E-state index contributed by atoms with van der Waals surface area (Å²) in [7, 11) is 0. The maximum absolute atomic E-state index is 14.2. The minimum absolute atomic E-state index is 0.0389. The molecule has 1 aromatic heterocycles. The highest BCUT2D eigenvalue weighted by molar-refractivity contribution is 6.00. The predicted molar refractivity (Wildman–Crippen MR) is 124 cm³/mol. The summed E-state index contributed by atoms with van der Waals surface area (Å²) >= 11 is 0. The first-order valence-corrected chi connectivity index (χ1v) is 10.6. The standard InChI is InChI=1S/C25H20FN3O5/c26-18-9-16(24-17(10-18)13-33-14-34-24)12-29-21-7-6-19(11-20(21)23(28-32)25(29)31)27-22(30)8-15-4-2-1-3-5-15/h1-7,9-11,31H,8,12-14H2,(H,27,30). The number of halogens is 1. The van der Waals surface area contributed by atoms with E-state index in [0.29, 0.717) is 33.5 Å². The molecule has 8 nitrogen and oxygen atoms in total. The normalized spacial score (nSPS) is 12.7. The lowest BCUT2D eigenvalue weighted by atomic mass is 10.1. The number of nitrogens with one attached hydrogen (secondary N) is 1. The van der Waals surface area contributed by atoms with Gasteiger partial charge in [-0.3, -0.25) is 4.79 Å². The molecule has 1 amide bonds. The molecule has 3 aromatic carbocycles. The van der Waals surface area contributed by atoms with Gasteiger partial charge in [-0.25, -0.2) is 4.39 Å². The number of nitroso groups, excluding NO2 is 1. The summed E-state index contributed by atoms with van der Waals surface area (Å²) in [5.74, 6) is -0.557. The van der Waals surface area contributed by atoms with Crippen molar-refractivity contribution in [1.29, 1.82) is 0 Å². The highest BCUT2D eigenvalue weighted by Gasteiger charge is 2.22. The second kappa shape index (κ2) is 8.95. The Balaban J connectivity index is 1.47. The molecular weight excluding hydrogens is 441 g/mol. The van der Waals surface area contributed by atoms with Crippen LogP contribution in [0.25, 0.3) is 10.9 Å². The number of carbonyl (C=O) groups excluding carboxylic acids is 1. The minimum atomic E-state index is -0.462. The van der Waals surface area contributed by atoms with Crippen molar-refractivity contribution in [1.82, 2.24) is 4.57 Å². The van der Waals surface area contributed by atoms with Gasteiger partial charge in [0, 0.05) is 22.2 Å². The van der Waals surface area contributed by atoms with Crippen LogP contribution in [0, 0.1) is 10.7 Å². The van der Waals surface area contributed by atoms with E-state index in [1.54, 1.807) is 18.2 Å². The van der Waals surface area contributed by atoms with Crippen LogP contribution in [-0.2, 0) is 29.1 Å². The van der Waals surface area contributed by atoms with E-state index in [-0.39, 0.29) is 43.8 Å². The second-order valence-corrected chi connectivity index (χ2v) is 7.96. The van der Waals surface area contributed by atoms with E-state index in [9.17, 15) is 19.2 Å². The Morgan fingerprint density at radius 2 is 1.97 bits per heavy atom. The highest BCUT2D eigenvalue weighted by atomic mass is 19.1. The average Bonchev–Trinajstić information content (AvgIpc) is 3.09. The molecule has 1 aliphatic heterocycles. The number of anilines is 1. The van der Waals surface area contributed by atoms with Gasteiger partial charge in [-0.2, -0.15) is 0 Å². The fourth-order valence-electron chi connectivity index (χ4n) is 4.18. The summed E-state index contributed by atoms with van der Waals surface area (Å²) < 4.78 is 26.4. The first-order valence-electron chi connectivity index (χ1n) is 10.6. The van der Waals surface area contributed by atoms with Crippen LogP contribution in [0.5, 0.6) is 11.6 Å². The van der Waals surface area contributed by atoms with Crippen LogP contribution in [0.15, 0.2) is 65.8 Å². The number of hydrogen-bond acceptors (Lipinski definition) is 6. The van der Waals surface area contributed by atoms with Crippen molar-refractivity contribution in [3.05, 3.63) is 88.1 Å². The fraction of sp³-hybridized carbons (Fsp3) is 0.160. The van der Waals surface area contributed by atoms with Gasteiger partial charge in [-0.05, 0) is 41.1 Å². The van der Waals surface area contributed by atoms with Crippen molar-refractivity contribution >= 4 is 28.2 Å². The Bertz CT molecular complexity index is 1400. The lowest BCUT2D eigenvalue weighted by Crippen LogP contribution is -2.15. The molecule has 0 unspecified atom stereocenters. The predicted octanol–water partition coefficient (Wildman–Crippen LogP) is 4.98. The number of amides is 1. The Morgan fingerprint density at radius 3 is 2.76 bits per heavy atom. The van der Waals surface area contributed by atoms with E-state index in [1.807, 2.05) is 30.3 Å². The molecule has 34 heavy (non-hydrogen) atoms. The number of aromatic nitrogens is 1. The molecule has 172 valence electrons. The third-order valence-electron chi connectivity index (χ3n) is 5.67. The SMILES string of the molecule is O=Nc1c(O)n(Cc2cc(F)cc3c2OCOC3)c2ccc(NC(=O)Cc3ccccc3)cc12. The largest absolute Gasteiger partial charge is 0.493 e. The van der Waals surface area contributed by atoms with Crippen LogP contribution in [0.3, 0.4) is 0 Å². The van der Waals surface area contributed by atoms with E-state index in [4.69, 9.17) is 9.47 Å². The number of carbonyl (C=O) groups is 1. The number of aromatic hydroxyl groups is 1. The maximum Gasteiger partial charge on any atom is 0.228 e. The fourth-order valence-corrected chi connectivity index (χ4v) is 4.18. The number of benzene rings is 3. The van der Waals surface area contributed by atoms with E-state index < -0.39 is 5.82 Å². The van der Waals surface area contributed by atoms with Gasteiger partial charge in [0.25, 0.3) is 0 Å². The monoisotopic (exact) mass is 461 g/mol. The van der Waals surface area contributed by atoms with Crippen molar-refractivity contribution in [2.45, 2.75) is 19.6 Å². The van der Waals surface area contributed by atoms with E-state index >= 15 is 0 Å². The molecule has 0 atom stereocenters. The van der Waals surface area contributed by atoms with E-state index in [0.717, 1.165) is 5.56 Å². The number of nitrogens with zero attached hydrogens (tertiary/aromatic N) is 2. The zero-order chi connectivity index (χ0) is 23.7. The second-order valence-electron chi connectivity index (χ2n) is 7.96. The Kier molecular flexibility index (Phi) is 5.69. The van der Waals surface area contributed by atoms with Gasteiger partial charge in [-0.15, -0.1) is 4.91 Å². The number of fused-ring (bicyclic) bond motifs is 2. The molecule has 0 saturated heterocycles. The quantitative estimate of drug-likeness (QED) is 0.394. The molecule has 9 heteroatoms. The first-order chi connectivity index (χ1) is 16.5. The van der Waals surface area contributed by atoms with Crippen LogP contribution < -0.4 is 10.1 Å².